The number of pyridine rings is 1. The van der Waals surface area contributed by atoms with E-state index >= 15 is 0 Å². The van der Waals surface area contributed by atoms with Crippen molar-refractivity contribution in [2.75, 3.05) is 0 Å². The molecule has 0 N–H and O–H groups in total. The minimum atomic E-state index is 0.245. The van der Waals surface area contributed by atoms with E-state index in [0.717, 1.165) is 14.6 Å². The summed E-state index contributed by atoms with van der Waals surface area (Å²) in [6.07, 6.45) is 0. The minimum absolute atomic E-state index is 0.245. The molecule has 0 saturated carbocycles. The number of thiazole rings is 1. The molecule has 0 unspecified atom stereocenters. The van der Waals surface area contributed by atoms with E-state index in [1.54, 1.807) is 17.4 Å². The number of hydrogen-bond acceptors (Lipinski definition) is 4. The number of aromatic nitrogens is 2. The van der Waals surface area contributed by atoms with Crippen LogP contribution in [0.1, 0.15) is 0 Å². The molecule has 7 heteroatoms. The van der Waals surface area contributed by atoms with Gasteiger partial charge < -0.3 is 0 Å². The molecule has 0 fully saturated rings. The molecular weight excluding hydrogens is 343 g/mol. The summed E-state index contributed by atoms with van der Waals surface area (Å²) in [5.41, 5.74) is 0.964. The Bertz CT molecular complexity index is 725. The average molecular weight is 348 g/mol. The Morgan fingerprint density at radius 2 is 1.79 bits per heavy atom. The lowest BCUT2D eigenvalue weighted by Gasteiger charge is -2.02. The summed E-state index contributed by atoms with van der Waals surface area (Å²) in [7, 11) is 0. The highest BCUT2D eigenvalue weighted by Crippen LogP contribution is 2.38. The fourth-order valence-electron chi connectivity index (χ4n) is 1.48. The van der Waals surface area contributed by atoms with E-state index in [0.29, 0.717) is 15.1 Å². The zero-order valence-electron chi connectivity index (χ0n) is 9.23. The lowest BCUT2D eigenvalue weighted by Crippen LogP contribution is -1.84. The van der Waals surface area contributed by atoms with Crippen LogP contribution in [0.5, 0.6) is 0 Å². The van der Waals surface area contributed by atoms with Crippen LogP contribution in [0, 0.1) is 0 Å². The van der Waals surface area contributed by atoms with Gasteiger partial charge >= 0.3 is 0 Å². The topological polar surface area (TPSA) is 25.8 Å². The van der Waals surface area contributed by atoms with Gasteiger partial charge in [-0.3, -0.25) is 0 Å². The highest BCUT2D eigenvalue weighted by Gasteiger charge is 2.12. The van der Waals surface area contributed by atoms with Gasteiger partial charge in [0.25, 0.3) is 0 Å². The number of benzene rings is 1. The standard InChI is InChI=1S/C12H5Cl3N2S2/c13-6-5-7(14)11(17-10(6)15)19-12-16-8-3-1-2-4-9(8)18-12/h1-5H. The molecular formula is C12H5Cl3N2S2. The van der Waals surface area contributed by atoms with Crippen LogP contribution in [0.25, 0.3) is 10.2 Å². The SMILES string of the molecule is Clc1cc(Cl)c(Sc2nc3ccccc3s2)nc1Cl. The number of fused-ring (bicyclic) bond motifs is 1. The van der Waals surface area contributed by atoms with Gasteiger partial charge in [-0.15, -0.1) is 11.3 Å². The summed E-state index contributed by atoms with van der Waals surface area (Å²) in [6.45, 7) is 0. The molecule has 19 heavy (non-hydrogen) atoms. The monoisotopic (exact) mass is 346 g/mol. The molecule has 3 aromatic rings. The van der Waals surface area contributed by atoms with Crippen LogP contribution in [-0.2, 0) is 0 Å². The van der Waals surface area contributed by atoms with Gasteiger partial charge in [-0.25, -0.2) is 9.97 Å². The maximum Gasteiger partial charge on any atom is 0.157 e. The summed E-state index contributed by atoms with van der Waals surface area (Å²) in [6, 6.07) is 9.54. The van der Waals surface area contributed by atoms with Crippen molar-refractivity contribution in [3.05, 3.63) is 45.5 Å². The van der Waals surface area contributed by atoms with Crippen LogP contribution >= 0.6 is 57.9 Å². The number of halogens is 3. The lowest BCUT2D eigenvalue weighted by molar-refractivity contribution is 1.13. The molecule has 0 bridgehead atoms. The van der Waals surface area contributed by atoms with Gasteiger partial charge in [-0.2, -0.15) is 0 Å². The predicted octanol–water partition coefficient (Wildman–Crippen LogP) is 5.80. The molecule has 1 aromatic carbocycles. The number of hydrogen-bond donors (Lipinski definition) is 0. The summed E-state index contributed by atoms with van der Waals surface area (Å²) in [5.74, 6) is 0. The number of rotatable bonds is 2. The van der Waals surface area contributed by atoms with Gasteiger partial charge in [0.15, 0.2) is 4.34 Å². The van der Waals surface area contributed by atoms with Crippen molar-refractivity contribution < 1.29 is 0 Å². The molecule has 96 valence electrons. The largest absolute Gasteiger partial charge is 0.229 e. The first-order valence-corrected chi connectivity index (χ1v) is 7.95. The molecule has 0 aliphatic rings. The van der Waals surface area contributed by atoms with Crippen LogP contribution in [0.3, 0.4) is 0 Å². The second-order valence-electron chi connectivity index (χ2n) is 3.60. The van der Waals surface area contributed by atoms with Crippen molar-refractivity contribution in [2.45, 2.75) is 9.37 Å². The summed E-state index contributed by atoms with van der Waals surface area (Å²) in [4.78, 5) is 8.68. The van der Waals surface area contributed by atoms with Crippen molar-refractivity contribution in [2.24, 2.45) is 0 Å². The molecule has 3 rings (SSSR count). The molecule has 0 saturated heterocycles. The van der Waals surface area contributed by atoms with E-state index < -0.39 is 0 Å². The van der Waals surface area contributed by atoms with E-state index in [1.165, 1.54) is 11.8 Å². The lowest BCUT2D eigenvalue weighted by atomic mass is 10.3. The fourth-order valence-corrected chi connectivity index (χ4v) is 4.11. The molecule has 2 heterocycles. The second-order valence-corrected chi connectivity index (χ2v) is 7.04. The third-order valence-corrected chi connectivity index (χ3v) is 5.49. The third-order valence-electron chi connectivity index (χ3n) is 2.31. The Kier molecular flexibility index (Phi) is 3.87. The van der Waals surface area contributed by atoms with Gasteiger partial charge in [0.1, 0.15) is 10.2 Å². The Hall–Kier alpha value is -0.520. The van der Waals surface area contributed by atoms with Crippen LogP contribution in [0.4, 0.5) is 0 Å². The molecule has 0 aliphatic heterocycles. The normalized spacial score (nSPS) is 11.1. The van der Waals surface area contributed by atoms with Gasteiger partial charge in [0, 0.05) is 0 Å². The van der Waals surface area contributed by atoms with E-state index in [4.69, 9.17) is 34.8 Å². The maximum absolute atomic E-state index is 6.10. The fraction of sp³-hybridized carbons (Fsp3) is 0. The predicted molar refractivity (Wildman–Crippen MR) is 83.0 cm³/mol. The van der Waals surface area contributed by atoms with Crippen molar-refractivity contribution in [3.63, 3.8) is 0 Å². The van der Waals surface area contributed by atoms with Gasteiger partial charge in [0.2, 0.25) is 0 Å². The molecule has 0 spiro atoms. The Balaban J connectivity index is 1.98. The molecule has 0 amide bonds. The summed E-state index contributed by atoms with van der Waals surface area (Å²) in [5, 5.41) is 1.67. The highest BCUT2D eigenvalue weighted by molar-refractivity contribution is 8.01. The Morgan fingerprint density at radius 1 is 1.00 bits per heavy atom. The van der Waals surface area contributed by atoms with Crippen LogP contribution in [0.2, 0.25) is 15.2 Å². The van der Waals surface area contributed by atoms with Gasteiger partial charge in [0.05, 0.1) is 20.3 Å². The summed E-state index contributed by atoms with van der Waals surface area (Å²) >= 11 is 20.8. The van der Waals surface area contributed by atoms with Gasteiger partial charge in [-0.05, 0) is 30.0 Å². The number of para-hydroxylation sites is 1. The number of nitrogens with zero attached hydrogens (tertiary/aromatic N) is 2. The van der Waals surface area contributed by atoms with Crippen molar-refractivity contribution in [1.82, 2.24) is 9.97 Å². The summed E-state index contributed by atoms with van der Waals surface area (Å²) < 4.78 is 2.00. The van der Waals surface area contributed by atoms with E-state index in [2.05, 4.69) is 9.97 Å². The van der Waals surface area contributed by atoms with Crippen molar-refractivity contribution in [3.8, 4) is 0 Å². The van der Waals surface area contributed by atoms with Crippen molar-refractivity contribution >= 4 is 68.1 Å². The van der Waals surface area contributed by atoms with Crippen LogP contribution in [0.15, 0.2) is 39.7 Å². The van der Waals surface area contributed by atoms with Crippen LogP contribution < -0.4 is 0 Å². The van der Waals surface area contributed by atoms with E-state index in [9.17, 15) is 0 Å². The molecule has 0 aliphatic carbocycles. The quantitative estimate of drug-likeness (QED) is 0.548. The minimum Gasteiger partial charge on any atom is -0.229 e. The first-order valence-electron chi connectivity index (χ1n) is 5.18. The average Bonchev–Trinajstić information content (AvgIpc) is 2.78. The molecule has 0 radical (unpaired) electrons. The zero-order valence-corrected chi connectivity index (χ0v) is 13.1. The Morgan fingerprint density at radius 3 is 2.58 bits per heavy atom. The van der Waals surface area contributed by atoms with Gasteiger partial charge in [-0.1, -0.05) is 46.9 Å². The first-order chi connectivity index (χ1) is 9.13. The zero-order chi connectivity index (χ0) is 13.4. The van der Waals surface area contributed by atoms with Crippen molar-refractivity contribution in [1.29, 1.82) is 0 Å². The van der Waals surface area contributed by atoms with Crippen LogP contribution in [-0.4, -0.2) is 9.97 Å². The van der Waals surface area contributed by atoms with E-state index in [1.807, 2.05) is 24.3 Å². The molecule has 2 aromatic heterocycles. The second kappa shape index (κ2) is 5.46. The first kappa shape index (κ1) is 13.5. The molecule has 2 nitrogen and oxygen atoms in total. The molecule has 0 atom stereocenters. The highest BCUT2D eigenvalue weighted by atomic mass is 35.5. The Labute approximate surface area is 132 Å². The van der Waals surface area contributed by atoms with E-state index in [-0.39, 0.29) is 5.15 Å². The third kappa shape index (κ3) is 2.83. The maximum atomic E-state index is 6.10. The smallest absolute Gasteiger partial charge is 0.157 e.